The number of nitrogens with zero attached hydrogens (tertiary/aromatic N) is 5. The van der Waals surface area contributed by atoms with Crippen molar-refractivity contribution in [3.63, 3.8) is 0 Å². The normalized spacial score (nSPS) is 10.5. The molecule has 1 N–H and O–H groups in total. The first-order valence-electron chi connectivity index (χ1n) is 6.03. The Morgan fingerprint density at radius 2 is 2.05 bits per heavy atom. The van der Waals surface area contributed by atoms with Gasteiger partial charge in [-0.1, -0.05) is 11.3 Å². The third-order valence-electron chi connectivity index (χ3n) is 2.78. The first-order valence-corrected chi connectivity index (χ1v) is 6.84. The number of hydrogen-bond donors (Lipinski definition) is 1. The van der Waals surface area contributed by atoms with Crippen LogP contribution in [0.2, 0.25) is 0 Å². The molecule has 0 bridgehead atoms. The molecule has 0 unspecified atom stereocenters. The Kier molecular flexibility index (Phi) is 3.56. The zero-order valence-corrected chi connectivity index (χ0v) is 11.5. The third-order valence-corrected chi connectivity index (χ3v) is 3.81. The molecule has 0 aliphatic carbocycles. The van der Waals surface area contributed by atoms with E-state index in [1.807, 2.05) is 24.3 Å². The lowest BCUT2D eigenvalue weighted by molar-refractivity contribution is -0.380. The van der Waals surface area contributed by atoms with Crippen LogP contribution in [0.1, 0.15) is 4.88 Å². The summed E-state index contributed by atoms with van der Waals surface area (Å²) >= 11 is 1.17. The fourth-order valence-electron chi connectivity index (χ4n) is 1.76. The smallest absolute Gasteiger partial charge is 0.324 e. The highest BCUT2D eigenvalue weighted by Crippen LogP contribution is 2.24. The predicted octanol–water partition coefficient (Wildman–Crippen LogP) is 2.24. The molecule has 0 saturated heterocycles. The van der Waals surface area contributed by atoms with E-state index in [1.165, 1.54) is 23.7 Å². The minimum Gasteiger partial charge on any atom is -0.380 e. The van der Waals surface area contributed by atoms with Crippen LogP contribution in [-0.4, -0.2) is 25.1 Å². The minimum absolute atomic E-state index is 0.154. The topological polar surface area (TPSA) is 98.8 Å². The molecule has 0 aliphatic rings. The average molecular weight is 302 g/mol. The van der Waals surface area contributed by atoms with E-state index in [4.69, 9.17) is 0 Å². The lowest BCUT2D eigenvalue weighted by Crippen LogP contribution is -1.99. The highest BCUT2D eigenvalue weighted by atomic mass is 32.1. The van der Waals surface area contributed by atoms with Crippen LogP contribution in [0.15, 0.2) is 42.7 Å². The van der Waals surface area contributed by atoms with Gasteiger partial charge in [0.2, 0.25) is 0 Å². The molecule has 0 amide bonds. The van der Waals surface area contributed by atoms with Crippen LogP contribution < -0.4 is 5.32 Å². The minimum atomic E-state index is -0.380. The van der Waals surface area contributed by atoms with E-state index < -0.39 is 0 Å². The Morgan fingerprint density at radius 1 is 1.24 bits per heavy atom. The molecular weight excluding hydrogens is 292 g/mol. The van der Waals surface area contributed by atoms with Crippen molar-refractivity contribution in [1.82, 2.24) is 20.2 Å². The molecule has 3 aromatic rings. The Morgan fingerprint density at radius 3 is 2.67 bits per heavy atom. The number of hydrogen-bond acceptors (Lipinski definition) is 7. The number of anilines is 1. The highest BCUT2D eigenvalue weighted by Gasteiger charge is 2.09. The number of rotatable bonds is 5. The van der Waals surface area contributed by atoms with Gasteiger partial charge in [-0.25, -0.2) is 4.68 Å². The van der Waals surface area contributed by atoms with Gasteiger partial charge in [-0.2, -0.15) is 0 Å². The first-order chi connectivity index (χ1) is 10.2. The van der Waals surface area contributed by atoms with Crippen molar-refractivity contribution in [2.75, 3.05) is 5.32 Å². The molecule has 0 spiro atoms. The van der Waals surface area contributed by atoms with Crippen molar-refractivity contribution < 1.29 is 4.92 Å². The van der Waals surface area contributed by atoms with E-state index in [-0.39, 0.29) is 9.92 Å². The summed E-state index contributed by atoms with van der Waals surface area (Å²) in [5.41, 5.74) is 1.78. The summed E-state index contributed by atoms with van der Waals surface area (Å²) in [4.78, 5) is 11.1. The van der Waals surface area contributed by atoms with Crippen LogP contribution in [-0.2, 0) is 6.54 Å². The molecule has 8 nitrogen and oxygen atoms in total. The molecule has 0 radical (unpaired) electrons. The van der Waals surface area contributed by atoms with E-state index in [0.29, 0.717) is 6.54 Å². The van der Waals surface area contributed by atoms with Crippen LogP contribution in [0.4, 0.5) is 10.7 Å². The Hall–Kier alpha value is -2.81. The molecule has 3 rings (SSSR count). The molecule has 2 heterocycles. The van der Waals surface area contributed by atoms with Gasteiger partial charge in [0.05, 0.1) is 10.6 Å². The second-order valence-electron chi connectivity index (χ2n) is 4.15. The summed E-state index contributed by atoms with van der Waals surface area (Å²) in [6.45, 7) is 0.544. The van der Waals surface area contributed by atoms with Gasteiger partial charge >= 0.3 is 5.00 Å². The van der Waals surface area contributed by atoms with Crippen LogP contribution in [0.25, 0.3) is 5.69 Å². The van der Waals surface area contributed by atoms with E-state index in [1.54, 1.807) is 10.7 Å². The standard InChI is InChI=1S/C12H10N6O2S/c19-18(20)12-6-5-11(21-12)7-13-9-1-3-10(4-2-9)17-8-14-15-16-17/h1-6,8,13H,7H2. The Balaban J connectivity index is 1.64. The second-order valence-corrected chi connectivity index (χ2v) is 5.30. The van der Waals surface area contributed by atoms with Crippen LogP contribution in [0, 0.1) is 10.1 Å². The van der Waals surface area contributed by atoms with Gasteiger partial charge in [-0.15, -0.1) is 5.10 Å². The predicted molar refractivity (Wildman–Crippen MR) is 77.5 cm³/mol. The van der Waals surface area contributed by atoms with Crippen molar-refractivity contribution in [3.8, 4) is 5.69 Å². The Labute approximate surface area is 123 Å². The zero-order valence-electron chi connectivity index (χ0n) is 10.7. The summed E-state index contributed by atoms with van der Waals surface area (Å²) in [6.07, 6.45) is 1.52. The maximum Gasteiger partial charge on any atom is 0.324 e. The van der Waals surface area contributed by atoms with Gasteiger partial charge in [0.15, 0.2) is 0 Å². The molecule has 2 aromatic heterocycles. The zero-order chi connectivity index (χ0) is 14.7. The van der Waals surface area contributed by atoms with Crippen LogP contribution in [0.3, 0.4) is 0 Å². The summed E-state index contributed by atoms with van der Waals surface area (Å²) in [7, 11) is 0. The van der Waals surface area contributed by atoms with Crippen LogP contribution >= 0.6 is 11.3 Å². The lowest BCUT2D eigenvalue weighted by Gasteiger charge is -2.05. The summed E-state index contributed by atoms with van der Waals surface area (Å²) in [6, 6.07) is 10.8. The van der Waals surface area contributed by atoms with E-state index in [2.05, 4.69) is 20.8 Å². The molecule has 9 heteroatoms. The van der Waals surface area contributed by atoms with Crippen molar-refractivity contribution in [2.24, 2.45) is 0 Å². The fraction of sp³-hybridized carbons (Fsp3) is 0.0833. The molecule has 0 atom stereocenters. The largest absolute Gasteiger partial charge is 0.380 e. The number of nitrogens with one attached hydrogen (secondary N) is 1. The maximum absolute atomic E-state index is 10.6. The molecule has 0 aliphatic heterocycles. The van der Waals surface area contributed by atoms with Crippen molar-refractivity contribution in [3.05, 3.63) is 57.7 Å². The van der Waals surface area contributed by atoms with E-state index >= 15 is 0 Å². The number of tetrazole rings is 1. The summed E-state index contributed by atoms with van der Waals surface area (Å²) < 4.78 is 1.56. The lowest BCUT2D eigenvalue weighted by atomic mass is 10.3. The first kappa shape index (κ1) is 13.2. The average Bonchev–Trinajstić information content (AvgIpc) is 3.17. The van der Waals surface area contributed by atoms with Gasteiger partial charge in [-0.05, 0) is 40.8 Å². The van der Waals surface area contributed by atoms with Gasteiger partial charge in [0.25, 0.3) is 0 Å². The monoisotopic (exact) mass is 302 g/mol. The summed E-state index contributed by atoms with van der Waals surface area (Å²) in [5.74, 6) is 0. The van der Waals surface area contributed by atoms with Crippen molar-refractivity contribution >= 4 is 22.0 Å². The van der Waals surface area contributed by atoms with Gasteiger partial charge in [0.1, 0.15) is 6.33 Å². The summed E-state index contributed by atoms with van der Waals surface area (Å²) in [5, 5.41) is 24.9. The van der Waals surface area contributed by atoms with Gasteiger partial charge in [0, 0.05) is 23.2 Å². The van der Waals surface area contributed by atoms with E-state index in [0.717, 1.165) is 16.3 Å². The van der Waals surface area contributed by atoms with Crippen molar-refractivity contribution in [2.45, 2.75) is 6.54 Å². The Bertz CT molecular complexity index is 737. The van der Waals surface area contributed by atoms with Gasteiger partial charge in [-0.3, -0.25) is 10.1 Å². The second kappa shape index (κ2) is 5.67. The maximum atomic E-state index is 10.6. The molecular formula is C12H10N6O2S. The number of thiophene rings is 1. The molecule has 106 valence electrons. The quantitative estimate of drug-likeness (QED) is 0.573. The molecule has 21 heavy (non-hydrogen) atoms. The highest BCUT2D eigenvalue weighted by molar-refractivity contribution is 7.15. The van der Waals surface area contributed by atoms with Crippen LogP contribution in [0.5, 0.6) is 0 Å². The SMILES string of the molecule is O=[N+]([O-])c1ccc(CNc2ccc(-n3cnnn3)cc2)s1. The van der Waals surface area contributed by atoms with E-state index in [9.17, 15) is 10.1 Å². The number of aromatic nitrogens is 4. The van der Waals surface area contributed by atoms with Crippen molar-refractivity contribution in [1.29, 1.82) is 0 Å². The van der Waals surface area contributed by atoms with Gasteiger partial charge < -0.3 is 5.32 Å². The number of nitro groups is 1. The molecule has 0 fully saturated rings. The molecule has 0 saturated carbocycles. The molecule has 1 aromatic carbocycles. The third kappa shape index (κ3) is 3.03. The fourth-order valence-corrected chi connectivity index (χ4v) is 2.52. The number of benzene rings is 1.